The van der Waals surface area contributed by atoms with Gasteiger partial charge in [-0.25, -0.2) is 0 Å². The molecule has 5 heteroatoms. The Morgan fingerprint density at radius 1 is 1.29 bits per heavy atom. The minimum Gasteiger partial charge on any atom is -0.489 e. The highest BCUT2D eigenvalue weighted by atomic mass is 16.6. The maximum atomic E-state index is 10.7. The summed E-state index contributed by atoms with van der Waals surface area (Å²) < 4.78 is 5.73. The first-order chi connectivity index (χ1) is 9.97. The van der Waals surface area contributed by atoms with E-state index in [1.165, 1.54) is 12.1 Å². The summed E-state index contributed by atoms with van der Waals surface area (Å²) in [5.41, 5.74) is 8.72. The first kappa shape index (κ1) is 15.0. The minimum atomic E-state index is -0.411. The molecule has 0 saturated heterocycles. The molecule has 5 nitrogen and oxygen atoms in total. The van der Waals surface area contributed by atoms with Gasteiger partial charge in [-0.2, -0.15) is 0 Å². The van der Waals surface area contributed by atoms with Gasteiger partial charge >= 0.3 is 0 Å². The highest BCUT2D eigenvalue weighted by Crippen LogP contribution is 2.23. The third kappa shape index (κ3) is 3.79. The Morgan fingerprint density at radius 2 is 2.05 bits per heavy atom. The average Bonchev–Trinajstić information content (AvgIpc) is 2.46. The molecule has 110 valence electrons. The van der Waals surface area contributed by atoms with Gasteiger partial charge in [0, 0.05) is 18.2 Å². The molecule has 0 fully saturated rings. The molecule has 0 aliphatic heterocycles. The fourth-order valence-corrected chi connectivity index (χ4v) is 2.04. The highest BCUT2D eigenvalue weighted by molar-refractivity contribution is 5.38. The van der Waals surface area contributed by atoms with Gasteiger partial charge in [0.05, 0.1) is 4.92 Å². The van der Waals surface area contributed by atoms with E-state index in [0.29, 0.717) is 6.61 Å². The van der Waals surface area contributed by atoms with Crippen LogP contribution in [0, 0.1) is 17.0 Å². The SMILES string of the molecule is Cc1cc([C@H](C)N)ccc1OCc1cccc([N+](=O)[O-])c1. The second-order valence-corrected chi connectivity index (χ2v) is 5.03. The van der Waals surface area contributed by atoms with E-state index in [-0.39, 0.29) is 11.7 Å². The van der Waals surface area contributed by atoms with Gasteiger partial charge in [-0.3, -0.25) is 10.1 Å². The summed E-state index contributed by atoms with van der Waals surface area (Å²) in [6, 6.07) is 12.2. The second-order valence-electron chi connectivity index (χ2n) is 5.03. The average molecular weight is 286 g/mol. The molecule has 2 N–H and O–H groups in total. The van der Waals surface area contributed by atoms with Gasteiger partial charge in [0.15, 0.2) is 0 Å². The molecule has 2 aromatic rings. The lowest BCUT2D eigenvalue weighted by atomic mass is 10.1. The number of rotatable bonds is 5. The van der Waals surface area contributed by atoms with E-state index in [4.69, 9.17) is 10.5 Å². The monoisotopic (exact) mass is 286 g/mol. The van der Waals surface area contributed by atoms with E-state index in [9.17, 15) is 10.1 Å². The Bertz CT molecular complexity index is 654. The van der Waals surface area contributed by atoms with Crippen LogP contribution in [0.4, 0.5) is 5.69 Å². The molecule has 0 heterocycles. The van der Waals surface area contributed by atoms with Crippen molar-refractivity contribution in [2.75, 3.05) is 0 Å². The van der Waals surface area contributed by atoms with Gasteiger partial charge in [0.2, 0.25) is 0 Å². The maximum absolute atomic E-state index is 10.7. The van der Waals surface area contributed by atoms with Crippen molar-refractivity contribution in [1.29, 1.82) is 0 Å². The zero-order valence-corrected chi connectivity index (χ0v) is 12.1. The number of benzene rings is 2. The van der Waals surface area contributed by atoms with Crippen LogP contribution in [0.25, 0.3) is 0 Å². The van der Waals surface area contributed by atoms with Gasteiger partial charge < -0.3 is 10.5 Å². The van der Waals surface area contributed by atoms with E-state index in [0.717, 1.165) is 22.4 Å². The van der Waals surface area contributed by atoms with Crippen LogP contribution in [-0.2, 0) is 6.61 Å². The smallest absolute Gasteiger partial charge is 0.269 e. The lowest BCUT2D eigenvalue weighted by Gasteiger charge is -2.12. The third-order valence-electron chi connectivity index (χ3n) is 3.24. The first-order valence-corrected chi connectivity index (χ1v) is 6.69. The summed E-state index contributed by atoms with van der Waals surface area (Å²) in [6.07, 6.45) is 0. The van der Waals surface area contributed by atoms with Gasteiger partial charge in [0.1, 0.15) is 12.4 Å². The van der Waals surface area contributed by atoms with Crippen molar-refractivity contribution in [2.45, 2.75) is 26.5 Å². The molecular formula is C16H18N2O3. The van der Waals surface area contributed by atoms with E-state index in [1.54, 1.807) is 12.1 Å². The Balaban J connectivity index is 2.09. The number of non-ortho nitro benzene ring substituents is 1. The first-order valence-electron chi connectivity index (χ1n) is 6.69. The number of nitro groups is 1. The summed E-state index contributed by atoms with van der Waals surface area (Å²) in [5, 5.41) is 10.7. The quantitative estimate of drug-likeness (QED) is 0.674. The number of nitrogens with two attached hydrogens (primary N) is 1. The predicted octanol–water partition coefficient (Wildman–Crippen LogP) is 3.50. The van der Waals surface area contributed by atoms with Gasteiger partial charge in [-0.1, -0.05) is 24.3 Å². The fourth-order valence-electron chi connectivity index (χ4n) is 2.04. The van der Waals surface area contributed by atoms with Crippen LogP contribution in [0.5, 0.6) is 5.75 Å². The molecule has 0 spiro atoms. The zero-order valence-electron chi connectivity index (χ0n) is 12.1. The molecular weight excluding hydrogens is 268 g/mol. The number of nitro benzene ring substituents is 1. The van der Waals surface area contributed by atoms with E-state index in [2.05, 4.69) is 0 Å². The topological polar surface area (TPSA) is 78.4 Å². The summed E-state index contributed by atoms with van der Waals surface area (Å²) in [4.78, 5) is 10.3. The molecule has 0 radical (unpaired) electrons. The van der Waals surface area contributed by atoms with Gasteiger partial charge in [0.25, 0.3) is 5.69 Å². The van der Waals surface area contributed by atoms with Crippen LogP contribution in [0.1, 0.15) is 29.7 Å². The molecule has 0 bridgehead atoms. The van der Waals surface area contributed by atoms with Crippen molar-refractivity contribution in [2.24, 2.45) is 5.73 Å². The number of ether oxygens (including phenoxy) is 1. The molecule has 0 amide bonds. The standard InChI is InChI=1S/C16H18N2O3/c1-11-8-14(12(2)17)6-7-16(11)21-10-13-4-3-5-15(9-13)18(19)20/h3-9,12H,10,17H2,1-2H3/t12-/m0/s1. The van der Waals surface area contributed by atoms with E-state index < -0.39 is 4.92 Å². The van der Waals surface area contributed by atoms with Crippen LogP contribution in [0.15, 0.2) is 42.5 Å². The zero-order chi connectivity index (χ0) is 15.4. The van der Waals surface area contributed by atoms with Crippen molar-refractivity contribution in [3.63, 3.8) is 0 Å². The van der Waals surface area contributed by atoms with Crippen LogP contribution in [0.2, 0.25) is 0 Å². The van der Waals surface area contributed by atoms with Crippen LogP contribution in [0.3, 0.4) is 0 Å². The van der Waals surface area contributed by atoms with Crippen molar-refractivity contribution in [1.82, 2.24) is 0 Å². The molecule has 1 atom stereocenters. The Labute approximate surface area is 123 Å². The second kappa shape index (κ2) is 6.37. The lowest BCUT2D eigenvalue weighted by Crippen LogP contribution is -2.05. The molecule has 0 aromatic heterocycles. The summed E-state index contributed by atoms with van der Waals surface area (Å²) >= 11 is 0. The van der Waals surface area contributed by atoms with Crippen molar-refractivity contribution >= 4 is 5.69 Å². The van der Waals surface area contributed by atoms with Gasteiger partial charge in [-0.15, -0.1) is 0 Å². The Hall–Kier alpha value is -2.40. The number of nitrogens with zero attached hydrogens (tertiary/aromatic N) is 1. The van der Waals surface area contributed by atoms with Gasteiger partial charge in [-0.05, 0) is 36.6 Å². The van der Waals surface area contributed by atoms with Crippen molar-refractivity contribution in [3.8, 4) is 5.75 Å². The lowest BCUT2D eigenvalue weighted by molar-refractivity contribution is -0.384. The normalized spacial score (nSPS) is 12.0. The molecule has 2 rings (SSSR count). The minimum absolute atomic E-state index is 0.0190. The molecule has 2 aromatic carbocycles. The predicted molar refractivity (Wildman–Crippen MR) is 81.2 cm³/mol. The van der Waals surface area contributed by atoms with E-state index in [1.807, 2.05) is 32.0 Å². The molecule has 0 saturated carbocycles. The van der Waals surface area contributed by atoms with E-state index >= 15 is 0 Å². The molecule has 21 heavy (non-hydrogen) atoms. The van der Waals surface area contributed by atoms with Crippen LogP contribution >= 0.6 is 0 Å². The summed E-state index contributed by atoms with van der Waals surface area (Å²) in [5.74, 6) is 0.755. The van der Waals surface area contributed by atoms with Crippen LogP contribution < -0.4 is 10.5 Å². The number of hydrogen-bond acceptors (Lipinski definition) is 4. The molecule has 0 unspecified atom stereocenters. The molecule has 0 aliphatic rings. The summed E-state index contributed by atoms with van der Waals surface area (Å²) in [6.45, 7) is 4.17. The number of hydrogen-bond donors (Lipinski definition) is 1. The van der Waals surface area contributed by atoms with Crippen molar-refractivity contribution < 1.29 is 9.66 Å². The van der Waals surface area contributed by atoms with Crippen LogP contribution in [-0.4, -0.2) is 4.92 Å². The van der Waals surface area contributed by atoms with Crippen molar-refractivity contribution in [3.05, 3.63) is 69.3 Å². The Kier molecular flexibility index (Phi) is 4.55. The molecule has 0 aliphatic carbocycles. The Morgan fingerprint density at radius 3 is 2.67 bits per heavy atom. The fraction of sp³-hybridized carbons (Fsp3) is 0.250. The number of aryl methyl sites for hydroxylation is 1. The third-order valence-corrected chi connectivity index (χ3v) is 3.24. The maximum Gasteiger partial charge on any atom is 0.269 e. The largest absolute Gasteiger partial charge is 0.489 e. The highest BCUT2D eigenvalue weighted by Gasteiger charge is 2.08. The summed E-state index contributed by atoms with van der Waals surface area (Å²) in [7, 11) is 0.